The van der Waals surface area contributed by atoms with Crippen LogP contribution in [0.15, 0.2) is 84.9 Å². The second kappa shape index (κ2) is 12.5. The number of benzene rings is 3. The van der Waals surface area contributed by atoms with Crippen molar-refractivity contribution in [3.8, 4) is 0 Å². The lowest BCUT2D eigenvalue weighted by atomic mass is 10.0. The van der Waals surface area contributed by atoms with Crippen molar-refractivity contribution in [3.63, 3.8) is 0 Å². The molecule has 2 atom stereocenters. The second-order valence-corrected chi connectivity index (χ2v) is 9.33. The number of halogens is 1. The SMILES string of the molecule is O=C(NC[C@@H]1CCCO1)[C@H](Cc1ccccc1)N(Cc1ccccc1)C(=O)Cc1ccc(Cl)cc1. The Hall–Kier alpha value is -3.15. The highest BCUT2D eigenvalue weighted by molar-refractivity contribution is 6.30. The van der Waals surface area contributed by atoms with E-state index in [0.717, 1.165) is 36.1 Å². The molecular weight excluding hydrogens is 460 g/mol. The number of nitrogens with zero attached hydrogens (tertiary/aromatic N) is 1. The summed E-state index contributed by atoms with van der Waals surface area (Å²) in [6.45, 7) is 1.53. The van der Waals surface area contributed by atoms with Gasteiger partial charge in [0.15, 0.2) is 0 Å². The fourth-order valence-electron chi connectivity index (χ4n) is 4.35. The molecule has 1 heterocycles. The Morgan fingerprint density at radius 2 is 1.57 bits per heavy atom. The van der Waals surface area contributed by atoms with Crippen LogP contribution in [0.2, 0.25) is 5.02 Å². The largest absolute Gasteiger partial charge is 0.376 e. The fraction of sp³-hybridized carbons (Fsp3) is 0.310. The molecule has 4 rings (SSSR count). The highest BCUT2D eigenvalue weighted by atomic mass is 35.5. The zero-order valence-electron chi connectivity index (χ0n) is 19.7. The van der Waals surface area contributed by atoms with E-state index >= 15 is 0 Å². The van der Waals surface area contributed by atoms with Gasteiger partial charge in [0.25, 0.3) is 0 Å². The van der Waals surface area contributed by atoms with Gasteiger partial charge in [-0.25, -0.2) is 0 Å². The predicted molar refractivity (Wildman–Crippen MR) is 138 cm³/mol. The number of carbonyl (C=O) groups is 2. The lowest BCUT2D eigenvalue weighted by molar-refractivity contribution is -0.141. The van der Waals surface area contributed by atoms with Gasteiger partial charge in [-0.2, -0.15) is 0 Å². The van der Waals surface area contributed by atoms with E-state index in [9.17, 15) is 9.59 Å². The zero-order chi connectivity index (χ0) is 24.5. The summed E-state index contributed by atoms with van der Waals surface area (Å²) in [7, 11) is 0. The second-order valence-electron chi connectivity index (χ2n) is 8.90. The van der Waals surface area contributed by atoms with Crippen LogP contribution < -0.4 is 5.32 Å². The van der Waals surface area contributed by atoms with E-state index in [1.807, 2.05) is 72.8 Å². The van der Waals surface area contributed by atoms with Crippen molar-refractivity contribution in [1.82, 2.24) is 10.2 Å². The Labute approximate surface area is 212 Å². The summed E-state index contributed by atoms with van der Waals surface area (Å²) in [5, 5.41) is 3.69. The first-order valence-electron chi connectivity index (χ1n) is 12.1. The van der Waals surface area contributed by atoms with Crippen LogP contribution in [0, 0.1) is 0 Å². The molecule has 35 heavy (non-hydrogen) atoms. The van der Waals surface area contributed by atoms with Crippen LogP contribution in [0.4, 0.5) is 0 Å². The number of nitrogens with one attached hydrogen (secondary N) is 1. The third-order valence-corrected chi connectivity index (χ3v) is 6.52. The molecule has 6 heteroatoms. The van der Waals surface area contributed by atoms with Gasteiger partial charge in [-0.15, -0.1) is 0 Å². The third kappa shape index (κ3) is 7.41. The molecule has 0 spiro atoms. The van der Waals surface area contributed by atoms with Gasteiger partial charge in [-0.05, 0) is 41.7 Å². The van der Waals surface area contributed by atoms with Gasteiger partial charge in [-0.1, -0.05) is 84.4 Å². The summed E-state index contributed by atoms with van der Waals surface area (Å²) >= 11 is 6.03. The number of rotatable bonds is 10. The van der Waals surface area contributed by atoms with Crippen molar-refractivity contribution in [2.24, 2.45) is 0 Å². The molecule has 2 amide bonds. The minimum absolute atomic E-state index is 0.0312. The van der Waals surface area contributed by atoms with E-state index in [2.05, 4.69) is 5.32 Å². The molecule has 1 aliphatic heterocycles. The summed E-state index contributed by atoms with van der Waals surface area (Å²) in [6, 6.07) is 26.2. The maximum absolute atomic E-state index is 13.7. The Bertz CT molecular complexity index is 1080. The van der Waals surface area contributed by atoms with Gasteiger partial charge in [0.1, 0.15) is 6.04 Å². The van der Waals surface area contributed by atoms with Crippen molar-refractivity contribution < 1.29 is 14.3 Å². The topological polar surface area (TPSA) is 58.6 Å². The van der Waals surface area contributed by atoms with Crippen molar-refractivity contribution in [3.05, 3.63) is 107 Å². The first-order valence-corrected chi connectivity index (χ1v) is 12.5. The summed E-state index contributed by atoms with van der Waals surface area (Å²) in [5.41, 5.74) is 2.83. The van der Waals surface area contributed by atoms with Crippen LogP contribution in [0.5, 0.6) is 0 Å². The number of hydrogen-bond donors (Lipinski definition) is 1. The molecule has 1 fully saturated rings. The van der Waals surface area contributed by atoms with Gasteiger partial charge in [0, 0.05) is 31.1 Å². The van der Waals surface area contributed by atoms with Crippen LogP contribution in [0.3, 0.4) is 0 Å². The molecule has 0 bridgehead atoms. The fourth-order valence-corrected chi connectivity index (χ4v) is 4.48. The van der Waals surface area contributed by atoms with Crippen molar-refractivity contribution in [2.45, 2.75) is 44.4 Å². The molecule has 0 saturated carbocycles. The summed E-state index contributed by atoms with van der Waals surface area (Å²) in [5.74, 6) is -0.269. The van der Waals surface area contributed by atoms with Crippen molar-refractivity contribution >= 4 is 23.4 Å². The number of ether oxygens (including phenoxy) is 1. The zero-order valence-corrected chi connectivity index (χ0v) is 20.5. The van der Waals surface area contributed by atoms with Gasteiger partial charge < -0.3 is 15.0 Å². The smallest absolute Gasteiger partial charge is 0.243 e. The van der Waals surface area contributed by atoms with Crippen LogP contribution in [-0.4, -0.2) is 42.0 Å². The minimum atomic E-state index is -0.654. The van der Waals surface area contributed by atoms with E-state index < -0.39 is 6.04 Å². The normalized spacial score (nSPS) is 16.0. The van der Waals surface area contributed by atoms with E-state index in [-0.39, 0.29) is 24.3 Å². The molecule has 5 nitrogen and oxygen atoms in total. The molecule has 0 aromatic heterocycles. The average molecular weight is 491 g/mol. The quantitative estimate of drug-likeness (QED) is 0.443. The van der Waals surface area contributed by atoms with E-state index in [1.54, 1.807) is 17.0 Å². The molecule has 182 valence electrons. The molecule has 3 aromatic carbocycles. The Morgan fingerprint density at radius 3 is 2.20 bits per heavy atom. The van der Waals surface area contributed by atoms with Crippen LogP contribution in [0.1, 0.15) is 29.5 Å². The van der Waals surface area contributed by atoms with Crippen LogP contribution >= 0.6 is 11.6 Å². The van der Waals surface area contributed by atoms with Gasteiger partial charge in [-0.3, -0.25) is 9.59 Å². The monoisotopic (exact) mass is 490 g/mol. The Balaban J connectivity index is 1.60. The first-order chi connectivity index (χ1) is 17.1. The maximum atomic E-state index is 13.7. The Kier molecular flexibility index (Phi) is 8.93. The third-order valence-electron chi connectivity index (χ3n) is 6.26. The summed E-state index contributed by atoms with van der Waals surface area (Å²) in [6.07, 6.45) is 2.59. The van der Waals surface area contributed by atoms with Crippen molar-refractivity contribution in [2.75, 3.05) is 13.2 Å². The molecule has 1 aliphatic rings. The molecular formula is C29H31ClN2O3. The van der Waals surface area contributed by atoms with Gasteiger partial charge in [0.2, 0.25) is 11.8 Å². The minimum Gasteiger partial charge on any atom is -0.376 e. The molecule has 0 aliphatic carbocycles. The molecule has 0 unspecified atom stereocenters. The lowest BCUT2D eigenvalue weighted by Gasteiger charge is -2.32. The molecule has 0 radical (unpaired) electrons. The predicted octanol–water partition coefficient (Wildman–Crippen LogP) is 4.82. The van der Waals surface area contributed by atoms with Crippen molar-refractivity contribution in [1.29, 1.82) is 0 Å². The first kappa shape index (κ1) is 25.0. The van der Waals surface area contributed by atoms with E-state index in [1.165, 1.54) is 0 Å². The van der Waals surface area contributed by atoms with Crippen LogP contribution in [-0.2, 0) is 33.7 Å². The van der Waals surface area contributed by atoms with E-state index in [4.69, 9.17) is 16.3 Å². The number of amides is 2. The summed E-state index contributed by atoms with van der Waals surface area (Å²) < 4.78 is 5.69. The molecule has 1 saturated heterocycles. The maximum Gasteiger partial charge on any atom is 0.243 e. The van der Waals surface area contributed by atoms with Crippen LogP contribution in [0.25, 0.3) is 0 Å². The molecule has 1 N–H and O–H groups in total. The highest BCUT2D eigenvalue weighted by Crippen LogP contribution is 2.18. The summed E-state index contributed by atoms with van der Waals surface area (Å²) in [4.78, 5) is 29.0. The number of carbonyl (C=O) groups excluding carboxylic acids is 2. The lowest BCUT2D eigenvalue weighted by Crippen LogP contribution is -2.52. The van der Waals surface area contributed by atoms with Gasteiger partial charge >= 0.3 is 0 Å². The Morgan fingerprint density at radius 1 is 0.914 bits per heavy atom. The molecule has 3 aromatic rings. The average Bonchev–Trinajstić information content (AvgIpc) is 3.41. The van der Waals surface area contributed by atoms with E-state index in [0.29, 0.717) is 24.5 Å². The van der Waals surface area contributed by atoms with Gasteiger partial charge in [0.05, 0.1) is 12.5 Å². The highest BCUT2D eigenvalue weighted by Gasteiger charge is 2.31. The number of hydrogen-bond acceptors (Lipinski definition) is 3. The standard InChI is InChI=1S/C29H31ClN2O3/c30-25-15-13-23(14-16-25)19-28(33)32(21-24-10-5-2-6-11-24)27(18-22-8-3-1-4-9-22)29(34)31-20-26-12-7-17-35-26/h1-6,8-11,13-16,26-27H,7,12,17-21H2,(H,31,34)/t26-,27-/m0/s1.